The number of carbonyl (C=O) groups is 3. The summed E-state index contributed by atoms with van der Waals surface area (Å²) in [5.74, 6) is -2.44. The first kappa shape index (κ1) is 26.0. The molecular formula is C23H17N5O6S4. The summed E-state index contributed by atoms with van der Waals surface area (Å²) in [5, 5.41) is 27.9. The summed E-state index contributed by atoms with van der Waals surface area (Å²) in [7, 11) is 0. The van der Waals surface area contributed by atoms with Crippen LogP contribution in [0.4, 0.5) is 5.13 Å². The zero-order valence-electron chi connectivity index (χ0n) is 19.1. The van der Waals surface area contributed by atoms with Crippen LogP contribution in [0.25, 0.3) is 10.1 Å². The summed E-state index contributed by atoms with van der Waals surface area (Å²) >= 11 is 5.08. The van der Waals surface area contributed by atoms with Gasteiger partial charge in [-0.25, -0.2) is 9.78 Å². The normalized spacial score (nSPS) is 19.5. The van der Waals surface area contributed by atoms with E-state index in [2.05, 4.69) is 15.5 Å². The number of carboxylic acids is 1. The van der Waals surface area contributed by atoms with Crippen LogP contribution in [0.15, 0.2) is 72.6 Å². The SMILES string of the molecule is Nc1nc(/C(=N/O)C(=O)NC2C(=O)N3C(C(=O)O)=C(/C=C/Sc4cc(=O)c5ccccc5s4)CSC23)cs1. The number of allylic oxidation sites excluding steroid dienone is 1. The molecule has 2 aliphatic heterocycles. The summed E-state index contributed by atoms with van der Waals surface area (Å²) in [6.45, 7) is 0. The maximum absolute atomic E-state index is 12.9. The van der Waals surface area contributed by atoms with E-state index in [9.17, 15) is 29.5 Å². The van der Waals surface area contributed by atoms with Crippen LogP contribution < -0.4 is 16.5 Å². The number of thiazole rings is 1. The number of β-lactam (4-membered cyclic amide) rings is 1. The fraction of sp³-hybridized carbons (Fsp3) is 0.130. The number of carboxylic acid groups (broad SMARTS) is 1. The number of fused-ring (bicyclic) bond motifs is 2. The van der Waals surface area contributed by atoms with Gasteiger partial charge in [0.1, 0.15) is 22.8 Å². The van der Waals surface area contributed by atoms with Crippen molar-refractivity contribution in [3.63, 3.8) is 0 Å². The van der Waals surface area contributed by atoms with Crippen molar-refractivity contribution >= 4 is 84.9 Å². The number of carbonyl (C=O) groups excluding carboxylic acids is 2. The molecule has 2 aliphatic rings. The van der Waals surface area contributed by atoms with Gasteiger partial charge in [0.15, 0.2) is 16.3 Å². The number of anilines is 1. The number of nitrogens with one attached hydrogen (secondary N) is 1. The summed E-state index contributed by atoms with van der Waals surface area (Å²) < 4.78 is 1.60. The molecular weight excluding hydrogens is 571 g/mol. The number of aliphatic carboxylic acids is 1. The Morgan fingerprint density at radius 1 is 1.29 bits per heavy atom. The summed E-state index contributed by atoms with van der Waals surface area (Å²) in [6, 6.07) is 7.82. The molecule has 15 heteroatoms. The van der Waals surface area contributed by atoms with Crippen molar-refractivity contribution in [2.75, 3.05) is 11.5 Å². The van der Waals surface area contributed by atoms with E-state index >= 15 is 0 Å². The zero-order valence-corrected chi connectivity index (χ0v) is 22.3. The third-order valence-electron chi connectivity index (χ3n) is 5.63. The molecule has 4 heterocycles. The molecule has 2 aromatic heterocycles. The molecule has 2 atom stereocenters. The summed E-state index contributed by atoms with van der Waals surface area (Å²) in [5.41, 5.74) is 5.37. The first-order valence-electron chi connectivity index (χ1n) is 10.8. The molecule has 2 amide bonds. The molecule has 0 aliphatic carbocycles. The maximum atomic E-state index is 12.9. The standard InChI is InChI=1S/C23H17N5O6S4/c24-23-25-12(9-37-23)16(27-34)19(30)26-17-20(31)28-18(22(32)33)10(8-36-21(17)28)5-6-35-15-7-13(29)11-3-1-2-4-14(11)38-15/h1-7,9,17,21,34H,8H2,(H2,24,25)(H,26,30)(H,32,33)/b6-5+,27-16-. The van der Waals surface area contributed by atoms with Gasteiger partial charge in [0.2, 0.25) is 0 Å². The molecule has 0 spiro atoms. The van der Waals surface area contributed by atoms with Gasteiger partial charge in [-0.2, -0.15) is 0 Å². The van der Waals surface area contributed by atoms with E-state index in [1.165, 1.54) is 46.3 Å². The van der Waals surface area contributed by atoms with Crippen LogP contribution in [0, 0.1) is 0 Å². The molecule has 11 nitrogen and oxygen atoms in total. The summed E-state index contributed by atoms with van der Waals surface area (Å²) in [4.78, 5) is 55.0. The monoisotopic (exact) mass is 587 g/mol. The highest BCUT2D eigenvalue weighted by Crippen LogP contribution is 2.41. The highest BCUT2D eigenvalue weighted by atomic mass is 32.2. The van der Waals surface area contributed by atoms with Gasteiger partial charge >= 0.3 is 5.97 Å². The Bertz CT molecular complexity index is 1630. The number of rotatable bonds is 7. The van der Waals surface area contributed by atoms with Crippen LogP contribution in [-0.2, 0) is 14.4 Å². The molecule has 194 valence electrons. The predicted molar refractivity (Wildman–Crippen MR) is 148 cm³/mol. The minimum atomic E-state index is -1.27. The van der Waals surface area contributed by atoms with Gasteiger partial charge in [0, 0.05) is 27.3 Å². The van der Waals surface area contributed by atoms with Crippen LogP contribution in [-0.4, -0.2) is 60.9 Å². The molecule has 5 rings (SSSR count). The molecule has 0 radical (unpaired) electrons. The van der Waals surface area contributed by atoms with Gasteiger partial charge < -0.3 is 21.4 Å². The fourth-order valence-electron chi connectivity index (χ4n) is 3.91. The third-order valence-corrected chi connectivity index (χ3v) is 9.66. The Morgan fingerprint density at radius 2 is 2.08 bits per heavy atom. The van der Waals surface area contributed by atoms with Gasteiger partial charge in [-0.15, -0.1) is 34.4 Å². The molecule has 1 fully saturated rings. The van der Waals surface area contributed by atoms with Crippen LogP contribution >= 0.6 is 46.2 Å². The van der Waals surface area contributed by atoms with Crippen molar-refractivity contribution < 1.29 is 24.7 Å². The molecule has 1 aromatic carbocycles. The number of nitrogens with two attached hydrogens (primary N) is 1. The van der Waals surface area contributed by atoms with E-state index in [1.54, 1.807) is 23.6 Å². The van der Waals surface area contributed by atoms with Gasteiger partial charge in [-0.1, -0.05) is 29.1 Å². The van der Waals surface area contributed by atoms with Crippen LogP contribution in [0.2, 0.25) is 0 Å². The first-order valence-corrected chi connectivity index (χ1v) is 14.4. The number of amides is 2. The second-order valence-corrected chi connectivity index (χ2v) is 12.2. The number of hydrogen-bond donors (Lipinski definition) is 4. The number of aromatic nitrogens is 1. The number of oxime groups is 1. The fourth-order valence-corrected chi connectivity index (χ4v) is 7.76. The largest absolute Gasteiger partial charge is 0.477 e. The van der Waals surface area contributed by atoms with E-state index in [1.807, 2.05) is 12.1 Å². The minimum absolute atomic E-state index is 0.0555. The van der Waals surface area contributed by atoms with Crippen LogP contribution in [0.1, 0.15) is 5.69 Å². The predicted octanol–water partition coefficient (Wildman–Crippen LogP) is 2.52. The lowest BCUT2D eigenvalue weighted by Gasteiger charge is -2.49. The average Bonchev–Trinajstić information content (AvgIpc) is 3.32. The third kappa shape index (κ3) is 4.80. The summed E-state index contributed by atoms with van der Waals surface area (Å²) in [6.07, 6.45) is 1.62. The second kappa shape index (κ2) is 10.6. The zero-order chi connectivity index (χ0) is 27.0. The Labute approximate surface area is 230 Å². The van der Waals surface area contributed by atoms with Gasteiger partial charge in [-0.05, 0) is 29.2 Å². The van der Waals surface area contributed by atoms with Gasteiger partial charge in [0.25, 0.3) is 11.8 Å². The van der Waals surface area contributed by atoms with Crippen molar-refractivity contribution in [3.8, 4) is 0 Å². The highest BCUT2D eigenvalue weighted by molar-refractivity contribution is 8.04. The van der Waals surface area contributed by atoms with E-state index in [0.29, 0.717) is 11.0 Å². The second-order valence-electron chi connectivity index (χ2n) is 7.91. The first-order chi connectivity index (χ1) is 18.3. The quantitative estimate of drug-likeness (QED) is 0.106. The number of thioether (sulfide) groups is 2. The van der Waals surface area contributed by atoms with Crippen LogP contribution in [0.3, 0.4) is 0 Å². The lowest BCUT2D eigenvalue weighted by atomic mass is 10.0. The molecule has 0 saturated carbocycles. The number of hydrogen-bond acceptors (Lipinski definition) is 12. The topological polar surface area (TPSA) is 175 Å². The lowest BCUT2D eigenvalue weighted by molar-refractivity contribution is -0.150. The molecule has 3 aromatic rings. The van der Waals surface area contributed by atoms with Gasteiger partial charge in [-0.3, -0.25) is 19.3 Å². The van der Waals surface area contributed by atoms with Crippen molar-refractivity contribution in [2.24, 2.45) is 5.16 Å². The maximum Gasteiger partial charge on any atom is 0.352 e. The Kier molecular flexibility index (Phi) is 7.25. The van der Waals surface area contributed by atoms with Crippen LogP contribution in [0.5, 0.6) is 0 Å². The van der Waals surface area contributed by atoms with Crippen molar-refractivity contribution in [1.29, 1.82) is 0 Å². The molecule has 2 unspecified atom stereocenters. The Balaban J connectivity index is 1.31. The Morgan fingerprint density at radius 3 is 2.79 bits per heavy atom. The minimum Gasteiger partial charge on any atom is -0.477 e. The molecule has 5 N–H and O–H groups in total. The van der Waals surface area contributed by atoms with Crippen molar-refractivity contribution in [1.82, 2.24) is 15.2 Å². The van der Waals surface area contributed by atoms with E-state index in [-0.39, 0.29) is 27.7 Å². The number of benzene rings is 1. The van der Waals surface area contributed by atoms with Crippen molar-refractivity contribution in [3.05, 3.63) is 74.4 Å². The molecule has 38 heavy (non-hydrogen) atoms. The average molecular weight is 588 g/mol. The van der Waals surface area contributed by atoms with E-state index in [0.717, 1.165) is 25.1 Å². The highest BCUT2D eigenvalue weighted by Gasteiger charge is 2.54. The van der Waals surface area contributed by atoms with Gasteiger partial charge in [0.05, 0.1) is 4.21 Å². The van der Waals surface area contributed by atoms with E-state index in [4.69, 9.17) is 5.73 Å². The Hall–Kier alpha value is -3.66. The van der Waals surface area contributed by atoms with Crippen molar-refractivity contribution in [2.45, 2.75) is 15.6 Å². The lowest BCUT2D eigenvalue weighted by Crippen LogP contribution is -2.71. The number of nitrogens with zero attached hydrogens (tertiary/aromatic N) is 3. The molecule has 0 bridgehead atoms. The number of nitrogen functional groups attached to an aromatic ring is 1. The smallest absolute Gasteiger partial charge is 0.352 e. The molecule has 1 saturated heterocycles. The van der Waals surface area contributed by atoms with E-state index < -0.39 is 34.9 Å².